The number of ether oxygens (including phenoxy) is 1. The van der Waals surface area contributed by atoms with Crippen molar-refractivity contribution in [1.82, 2.24) is 4.90 Å². The molecule has 2 aromatic rings. The Bertz CT molecular complexity index is 714. The van der Waals surface area contributed by atoms with Crippen molar-refractivity contribution in [2.24, 2.45) is 0 Å². The number of anilines is 1. The van der Waals surface area contributed by atoms with Gasteiger partial charge in [-0.1, -0.05) is 38.1 Å². The molecule has 126 valence electrons. The van der Waals surface area contributed by atoms with Crippen LogP contribution >= 0.6 is 0 Å². The Kier molecular flexibility index (Phi) is 5.04. The first-order valence-corrected chi connectivity index (χ1v) is 8.64. The highest BCUT2D eigenvalue weighted by atomic mass is 16.5. The Morgan fingerprint density at radius 3 is 2.71 bits per heavy atom. The molecule has 2 aromatic carbocycles. The second-order valence-electron chi connectivity index (χ2n) is 6.01. The summed E-state index contributed by atoms with van der Waals surface area (Å²) in [5, 5.41) is 3.51. The average molecular weight is 324 g/mol. The molecule has 4 heteroatoms. The summed E-state index contributed by atoms with van der Waals surface area (Å²) in [7, 11) is 0. The van der Waals surface area contributed by atoms with E-state index in [1.807, 2.05) is 53.4 Å². The van der Waals surface area contributed by atoms with Gasteiger partial charge < -0.3 is 15.0 Å². The first kappa shape index (κ1) is 16.4. The molecular formula is C20H24N2O2. The quantitative estimate of drug-likeness (QED) is 0.853. The summed E-state index contributed by atoms with van der Waals surface area (Å²) in [6.45, 7) is 5.59. The van der Waals surface area contributed by atoms with Crippen LogP contribution in [0.2, 0.25) is 0 Å². The lowest BCUT2D eigenvalue weighted by Gasteiger charge is -2.38. The zero-order valence-corrected chi connectivity index (χ0v) is 14.3. The molecule has 1 aliphatic rings. The van der Waals surface area contributed by atoms with Crippen LogP contribution in [0.25, 0.3) is 0 Å². The Morgan fingerprint density at radius 1 is 1.08 bits per heavy atom. The van der Waals surface area contributed by atoms with E-state index < -0.39 is 0 Å². The monoisotopic (exact) mass is 324 g/mol. The number of carbonyl (C=O) groups excluding carboxylic acids is 1. The van der Waals surface area contributed by atoms with Gasteiger partial charge >= 0.3 is 0 Å². The molecule has 3 rings (SSSR count). The Balaban J connectivity index is 1.94. The van der Waals surface area contributed by atoms with Crippen LogP contribution in [-0.4, -0.2) is 24.0 Å². The van der Waals surface area contributed by atoms with Gasteiger partial charge in [-0.25, -0.2) is 0 Å². The van der Waals surface area contributed by atoms with Crippen LogP contribution in [0, 0.1) is 0 Å². The van der Waals surface area contributed by atoms with E-state index >= 15 is 0 Å². The van der Waals surface area contributed by atoms with Gasteiger partial charge in [0.05, 0.1) is 12.2 Å². The lowest BCUT2D eigenvalue weighted by Crippen LogP contribution is -2.43. The van der Waals surface area contributed by atoms with Crippen LogP contribution in [-0.2, 0) is 0 Å². The van der Waals surface area contributed by atoms with Crippen molar-refractivity contribution >= 4 is 11.6 Å². The molecule has 1 unspecified atom stereocenters. The second kappa shape index (κ2) is 7.39. The highest BCUT2D eigenvalue weighted by Gasteiger charge is 2.32. The molecule has 0 aromatic heterocycles. The van der Waals surface area contributed by atoms with Crippen molar-refractivity contribution in [3.8, 4) is 5.75 Å². The van der Waals surface area contributed by atoms with E-state index in [1.54, 1.807) is 0 Å². The van der Waals surface area contributed by atoms with Crippen LogP contribution in [0.15, 0.2) is 48.5 Å². The molecule has 4 nitrogen and oxygen atoms in total. The number of para-hydroxylation sites is 1. The number of hydrogen-bond acceptors (Lipinski definition) is 3. The van der Waals surface area contributed by atoms with E-state index in [-0.39, 0.29) is 12.1 Å². The first-order chi connectivity index (χ1) is 11.7. The first-order valence-electron chi connectivity index (χ1n) is 8.64. The van der Waals surface area contributed by atoms with Crippen LogP contribution in [0.1, 0.15) is 48.8 Å². The van der Waals surface area contributed by atoms with Crippen molar-refractivity contribution < 1.29 is 9.53 Å². The number of nitrogens with zero attached hydrogens (tertiary/aromatic N) is 1. The number of rotatable bonds is 6. The zero-order valence-electron chi connectivity index (χ0n) is 14.3. The Hall–Kier alpha value is -2.49. The van der Waals surface area contributed by atoms with Crippen LogP contribution < -0.4 is 10.1 Å². The average Bonchev–Trinajstić information content (AvgIpc) is 2.62. The van der Waals surface area contributed by atoms with E-state index in [4.69, 9.17) is 4.74 Å². The van der Waals surface area contributed by atoms with Gasteiger partial charge in [0.25, 0.3) is 5.91 Å². The summed E-state index contributed by atoms with van der Waals surface area (Å²) < 4.78 is 5.75. The summed E-state index contributed by atoms with van der Waals surface area (Å²) in [6, 6.07) is 15.7. The molecule has 1 atom stereocenters. The molecular weight excluding hydrogens is 300 g/mol. The normalized spacial score (nSPS) is 16.5. The molecule has 0 fully saturated rings. The van der Waals surface area contributed by atoms with E-state index in [9.17, 15) is 4.79 Å². The molecule has 0 radical (unpaired) electrons. The van der Waals surface area contributed by atoms with Crippen molar-refractivity contribution in [3.05, 3.63) is 59.7 Å². The maximum atomic E-state index is 12.9. The third kappa shape index (κ3) is 3.23. The summed E-state index contributed by atoms with van der Waals surface area (Å²) in [4.78, 5) is 14.8. The summed E-state index contributed by atoms with van der Waals surface area (Å²) >= 11 is 0. The van der Waals surface area contributed by atoms with Crippen LogP contribution in [0.5, 0.6) is 5.75 Å². The number of fused-ring (bicyclic) bond motifs is 1. The summed E-state index contributed by atoms with van der Waals surface area (Å²) in [5.74, 6) is 0.926. The Morgan fingerprint density at radius 2 is 1.92 bits per heavy atom. The van der Waals surface area contributed by atoms with Gasteiger partial charge in [-0.3, -0.25) is 4.79 Å². The molecule has 1 N–H and O–H groups in total. The lowest BCUT2D eigenvalue weighted by atomic mass is 10.0. The maximum Gasteiger partial charge on any atom is 0.257 e. The third-order valence-electron chi connectivity index (χ3n) is 4.13. The molecule has 0 spiro atoms. The number of nitrogens with one attached hydrogen (secondary N) is 1. The molecule has 1 aliphatic heterocycles. The predicted octanol–water partition coefficient (Wildman–Crippen LogP) is 4.45. The van der Waals surface area contributed by atoms with Gasteiger partial charge in [0.15, 0.2) is 0 Å². The van der Waals surface area contributed by atoms with Gasteiger partial charge in [0.1, 0.15) is 11.9 Å². The van der Waals surface area contributed by atoms with Gasteiger partial charge in [-0.2, -0.15) is 0 Å². The van der Waals surface area contributed by atoms with Gasteiger partial charge in [-0.05, 0) is 42.7 Å². The summed E-state index contributed by atoms with van der Waals surface area (Å²) in [6.07, 6.45) is 1.72. The minimum Gasteiger partial charge on any atom is -0.494 e. The molecule has 0 saturated heterocycles. The third-order valence-corrected chi connectivity index (χ3v) is 4.13. The van der Waals surface area contributed by atoms with Gasteiger partial charge in [0, 0.05) is 12.2 Å². The fourth-order valence-corrected chi connectivity index (χ4v) is 3.02. The highest BCUT2D eigenvalue weighted by molar-refractivity contribution is 6.01. The van der Waals surface area contributed by atoms with E-state index in [0.29, 0.717) is 13.2 Å². The molecule has 1 amide bonds. The van der Waals surface area contributed by atoms with Gasteiger partial charge in [0.2, 0.25) is 0 Å². The standard InChI is InChI=1S/C20H24N2O2/c1-3-12-22-19(15-8-7-9-16(14-15)24-13-4-2)21-18-11-6-5-10-17(18)20(22)23/h5-11,14,19,21H,3-4,12-13H2,1-2H3. The molecule has 0 bridgehead atoms. The van der Waals surface area contributed by atoms with Crippen molar-refractivity contribution in [2.45, 2.75) is 32.9 Å². The number of carbonyl (C=O) groups is 1. The maximum absolute atomic E-state index is 12.9. The molecule has 24 heavy (non-hydrogen) atoms. The van der Waals surface area contributed by atoms with E-state index in [0.717, 1.165) is 35.4 Å². The molecule has 0 aliphatic carbocycles. The van der Waals surface area contributed by atoms with Gasteiger partial charge in [-0.15, -0.1) is 0 Å². The SMILES string of the molecule is CCCOc1cccc(C2Nc3ccccc3C(=O)N2CCC)c1. The van der Waals surface area contributed by atoms with Crippen molar-refractivity contribution in [3.63, 3.8) is 0 Å². The number of benzene rings is 2. The van der Waals surface area contributed by atoms with Crippen molar-refractivity contribution in [1.29, 1.82) is 0 Å². The van der Waals surface area contributed by atoms with Crippen LogP contribution in [0.4, 0.5) is 5.69 Å². The summed E-state index contributed by atoms with van der Waals surface area (Å²) in [5.41, 5.74) is 2.67. The van der Waals surface area contributed by atoms with E-state index in [1.165, 1.54) is 0 Å². The fourth-order valence-electron chi connectivity index (χ4n) is 3.02. The number of hydrogen-bond donors (Lipinski definition) is 1. The van der Waals surface area contributed by atoms with E-state index in [2.05, 4.69) is 19.2 Å². The highest BCUT2D eigenvalue weighted by Crippen LogP contribution is 2.34. The minimum atomic E-state index is -0.169. The number of amides is 1. The second-order valence-corrected chi connectivity index (χ2v) is 6.01. The lowest BCUT2D eigenvalue weighted by molar-refractivity contribution is 0.0683. The predicted molar refractivity (Wildman–Crippen MR) is 96.4 cm³/mol. The smallest absolute Gasteiger partial charge is 0.257 e. The molecule has 1 heterocycles. The fraction of sp³-hybridized carbons (Fsp3) is 0.350. The minimum absolute atomic E-state index is 0.0797. The topological polar surface area (TPSA) is 41.6 Å². The largest absolute Gasteiger partial charge is 0.494 e. The molecule has 0 saturated carbocycles. The Labute approximate surface area is 143 Å². The van der Waals surface area contributed by atoms with Crippen molar-refractivity contribution in [2.75, 3.05) is 18.5 Å². The van der Waals surface area contributed by atoms with Crippen LogP contribution in [0.3, 0.4) is 0 Å². The zero-order chi connectivity index (χ0) is 16.9.